The van der Waals surface area contributed by atoms with Crippen molar-refractivity contribution in [3.05, 3.63) is 84.2 Å². The van der Waals surface area contributed by atoms with Crippen LogP contribution in [-0.4, -0.2) is 25.6 Å². The summed E-state index contributed by atoms with van der Waals surface area (Å²) in [5.74, 6) is -1.85. The number of carbonyl (C=O) groups is 1. The molecular weight excluding hydrogens is 544 g/mol. The Bertz CT molecular complexity index is 1100. The summed E-state index contributed by atoms with van der Waals surface area (Å²) in [5.41, 5.74) is 1.92. The second-order valence-corrected chi connectivity index (χ2v) is 5.54. The van der Waals surface area contributed by atoms with Crippen LogP contribution in [0.3, 0.4) is 0 Å². The Morgan fingerprint density at radius 3 is 2.43 bits per heavy atom. The number of fused-ring (bicyclic) bond motifs is 1. The maximum absolute atomic E-state index is 13.7. The van der Waals surface area contributed by atoms with Crippen LogP contribution < -0.4 is 0 Å². The standard InChI is InChI=1S/C14H9F2N2.C6H5NO2.Ir/c1-18-13-5-3-2-4-12(13)17-14(18)10-7-6-9(15)8-11(10)16;8-6(9)5-3-1-2-4-7-5;/h2-6,8H,1H3;1-4H,(H,8,9);/q-1;;. The van der Waals surface area contributed by atoms with Crippen molar-refractivity contribution >= 4 is 17.0 Å². The van der Waals surface area contributed by atoms with E-state index in [1.165, 1.54) is 12.3 Å². The number of pyridine rings is 1. The van der Waals surface area contributed by atoms with E-state index in [9.17, 15) is 13.6 Å². The number of carboxylic acids is 1. The van der Waals surface area contributed by atoms with E-state index in [1.807, 2.05) is 24.3 Å². The van der Waals surface area contributed by atoms with Gasteiger partial charge >= 0.3 is 5.97 Å². The third-order valence-electron chi connectivity index (χ3n) is 3.75. The summed E-state index contributed by atoms with van der Waals surface area (Å²) in [7, 11) is 1.79. The Morgan fingerprint density at radius 2 is 1.86 bits per heavy atom. The van der Waals surface area contributed by atoms with E-state index < -0.39 is 17.6 Å². The predicted molar refractivity (Wildman–Crippen MR) is 96.1 cm³/mol. The minimum atomic E-state index is -0.990. The molecule has 145 valence electrons. The van der Waals surface area contributed by atoms with E-state index in [-0.39, 0.29) is 31.4 Å². The molecule has 8 heteroatoms. The minimum Gasteiger partial charge on any atom is -0.477 e. The molecule has 2 aromatic carbocycles. The Hall–Kier alpha value is -2.96. The van der Waals surface area contributed by atoms with E-state index in [4.69, 9.17) is 5.11 Å². The molecule has 0 aliphatic carbocycles. The predicted octanol–water partition coefficient (Wildman–Crippen LogP) is 4.10. The van der Waals surface area contributed by atoms with Crippen molar-refractivity contribution in [2.45, 2.75) is 0 Å². The molecule has 4 rings (SSSR count). The van der Waals surface area contributed by atoms with Crippen LogP contribution in [-0.2, 0) is 27.2 Å². The van der Waals surface area contributed by atoms with Gasteiger partial charge in [0.2, 0.25) is 0 Å². The molecule has 0 bridgehead atoms. The second-order valence-electron chi connectivity index (χ2n) is 5.54. The fraction of sp³-hybridized carbons (Fsp3) is 0.0500. The van der Waals surface area contributed by atoms with Gasteiger partial charge < -0.3 is 9.67 Å². The van der Waals surface area contributed by atoms with Crippen LogP contribution in [0.5, 0.6) is 0 Å². The largest absolute Gasteiger partial charge is 0.477 e. The number of benzene rings is 2. The van der Waals surface area contributed by atoms with E-state index in [0.29, 0.717) is 5.82 Å². The molecule has 0 aliphatic rings. The van der Waals surface area contributed by atoms with Crippen LogP contribution >= 0.6 is 0 Å². The summed E-state index contributed by atoms with van der Waals surface area (Å²) in [4.78, 5) is 18.1. The molecular formula is C20H14F2IrN3O2-. The minimum absolute atomic E-state index is 0. The van der Waals surface area contributed by atoms with Gasteiger partial charge in [0.1, 0.15) is 5.69 Å². The van der Waals surface area contributed by atoms with E-state index >= 15 is 0 Å². The van der Waals surface area contributed by atoms with E-state index in [2.05, 4.69) is 16.0 Å². The van der Waals surface area contributed by atoms with Crippen molar-refractivity contribution in [2.24, 2.45) is 7.05 Å². The van der Waals surface area contributed by atoms with Gasteiger partial charge in [0.25, 0.3) is 0 Å². The average molecular weight is 559 g/mol. The van der Waals surface area contributed by atoms with Crippen molar-refractivity contribution in [1.82, 2.24) is 14.5 Å². The Balaban J connectivity index is 0.000000239. The summed E-state index contributed by atoms with van der Waals surface area (Å²) in [6.07, 6.45) is 1.45. The van der Waals surface area contributed by atoms with Crippen LogP contribution in [0.1, 0.15) is 10.5 Å². The molecule has 0 aliphatic heterocycles. The zero-order valence-electron chi connectivity index (χ0n) is 14.6. The molecule has 5 nitrogen and oxygen atoms in total. The van der Waals surface area contributed by atoms with Gasteiger partial charge in [0.05, 0.1) is 16.9 Å². The molecule has 0 atom stereocenters. The fourth-order valence-corrected chi connectivity index (χ4v) is 2.47. The maximum Gasteiger partial charge on any atom is 0.354 e. The SMILES string of the molecule is Cn1c(-c2[c-]cc(F)cc2F)nc2ccccc21.O=C(O)c1ccccn1.[Ir]. The van der Waals surface area contributed by atoms with E-state index in [0.717, 1.165) is 23.2 Å². The van der Waals surface area contributed by atoms with Crippen molar-refractivity contribution in [3.63, 3.8) is 0 Å². The zero-order valence-corrected chi connectivity index (χ0v) is 17.0. The number of para-hydroxylation sites is 2. The molecule has 1 N–H and O–H groups in total. The monoisotopic (exact) mass is 559 g/mol. The van der Waals surface area contributed by atoms with Gasteiger partial charge in [-0.05, 0) is 24.3 Å². The quantitative estimate of drug-likeness (QED) is 0.377. The van der Waals surface area contributed by atoms with Crippen molar-refractivity contribution in [2.75, 3.05) is 0 Å². The Labute approximate surface area is 173 Å². The summed E-state index contributed by atoms with van der Waals surface area (Å²) in [5, 5.41) is 8.32. The zero-order chi connectivity index (χ0) is 19.4. The molecule has 0 amide bonds. The van der Waals surface area contributed by atoms with Gasteiger partial charge in [-0.1, -0.05) is 29.8 Å². The van der Waals surface area contributed by atoms with Gasteiger partial charge in [-0.25, -0.2) is 9.78 Å². The fourth-order valence-electron chi connectivity index (χ4n) is 2.47. The second kappa shape index (κ2) is 9.30. The first-order valence-corrected chi connectivity index (χ1v) is 7.90. The number of hydrogen-bond donors (Lipinski definition) is 1. The molecule has 0 unspecified atom stereocenters. The van der Waals surface area contributed by atoms with Crippen LogP contribution in [0, 0.1) is 17.7 Å². The molecule has 2 aromatic heterocycles. The first kappa shape index (κ1) is 21.3. The van der Waals surface area contributed by atoms with Crippen LogP contribution in [0.25, 0.3) is 22.4 Å². The first-order valence-electron chi connectivity index (χ1n) is 7.90. The number of imidazole rings is 1. The smallest absolute Gasteiger partial charge is 0.354 e. The number of rotatable bonds is 2. The van der Waals surface area contributed by atoms with Crippen LogP contribution in [0.15, 0.2) is 60.8 Å². The first-order chi connectivity index (χ1) is 13.0. The van der Waals surface area contributed by atoms with Gasteiger partial charge in [-0.2, -0.15) is 0 Å². The maximum atomic E-state index is 13.7. The summed E-state index contributed by atoms with van der Waals surface area (Å²) in [6.45, 7) is 0. The Kier molecular flexibility index (Phi) is 7.09. The molecule has 0 saturated heterocycles. The van der Waals surface area contributed by atoms with Crippen molar-refractivity contribution < 1.29 is 38.8 Å². The van der Waals surface area contributed by atoms with Gasteiger partial charge in [-0.3, -0.25) is 13.8 Å². The third kappa shape index (κ3) is 4.65. The normalized spacial score (nSPS) is 9.96. The third-order valence-corrected chi connectivity index (χ3v) is 3.75. The van der Waals surface area contributed by atoms with Crippen LogP contribution in [0.4, 0.5) is 8.78 Å². The van der Waals surface area contributed by atoms with Crippen molar-refractivity contribution in [3.8, 4) is 11.4 Å². The average Bonchev–Trinajstić information content (AvgIpc) is 3.00. The topological polar surface area (TPSA) is 68.0 Å². The van der Waals surface area contributed by atoms with Crippen molar-refractivity contribution in [1.29, 1.82) is 0 Å². The number of carboxylic acid groups (broad SMARTS) is 1. The Morgan fingerprint density at radius 1 is 1.14 bits per heavy atom. The molecule has 4 aromatic rings. The molecule has 2 heterocycles. The molecule has 1 radical (unpaired) electrons. The number of hydrogen-bond acceptors (Lipinski definition) is 3. The summed E-state index contributed by atoms with van der Waals surface area (Å²) >= 11 is 0. The van der Waals surface area contributed by atoms with Gasteiger partial charge in [0.15, 0.2) is 0 Å². The van der Waals surface area contributed by atoms with E-state index in [1.54, 1.807) is 23.7 Å². The number of aryl methyl sites for hydroxylation is 1. The molecule has 28 heavy (non-hydrogen) atoms. The summed E-state index contributed by atoms with van der Waals surface area (Å²) < 4.78 is 28.4. The van der Waals surface area contributed by atoms with Crippen LogP contribution in [0.2, 0.25) is 0 Å². The number of aromatic carboxylic acids is 1. The summed E-state index contributed by atoms with van der Waals surface area (Å²) in [6, 6.07) is 16.8. The van der Waals surface area contributed by atoms with Gasteiger partial charge in [0, 0.05) is 45.0 Å². The number of nitrogens with zero attached hydrogens (tertiary/aromatic N) is 3. The number of halogens is 2. The molecule has 0 spiro atoms. The molecule has 0 saturated carbocycles. The van der Waals surface area contributed by atoms with Gasteiger partial charge in [-0.15, -0.1) is 12.1 Å². The number of aromatic nitrogens is 3. The molecule has 0 fully saturated rings.